The van der Waals surface area contributed by atoms with Gasteiger partial charge in [0.25, 0.3) is 5.91 Å². The number of hydrogen-bond acceptors (Lipinski definition) is 5. The molecule has 2 heterocycles. The summed E-state index contributed by atoms with van der Waals surface area (Å²) >= 11 is 0. The van der Waals surface area contributed by atoms with E-state index in [-0.39, 0.29) is 17.7 Å². The van der Waals surface area contributed by atoms with Crippen molar-refractivity contribution >= 4 is 35.2 Å². The van der Waals surface area contributed by atoms with Gasteiger partial charge in [0.05, 0.1) is 25.5 Å². The van der Waals surface area contributed by atoms with Crippen molar-refractivity contribution in [3.05, 3.63) is 53.6 Å². The zero-order valence-corrected chi connectivity index (χ0v) is 17.3. The third-order valence-electron chi connectivity index (χ3n) is 5.43. The van der Waals surface area contributed by atoms with Crippen molar-refractivity contribution in [2.45, 2.75) is 18.9 Å². The SMILES string of the molecule is COc1ccc(C=CC(=O)Nc2ccc3c(c2)C(=O)N2CCC[C@H]2C(=O)N3)cc1OC. The summed E-state index contributed by atoms with van der Waals surface area (Å²) in [6, 6.07) is 9.80. The molecule has 0 aromatic heterocycles. The van der Waals surface area contributed by atoms with E-state index in [1.165, 1.54) is 6.08 Å². The largest absolute Gasteiger partial charge is 0.493 e. The first-order valence-electron chi connectivity index (χ1n) is 9.97. The lowest BCUT2D eigenvalue weighted by Gasteiger charge is -2.20. The molecule has 1 atom stereocenters. The van der Waals surface area contributed by atoms with Crippen LogP contribution in [0, 0.1) is 0 Å². The molecule has 2 N–H and O–H groups in total. The maximum atomic E-state index is 12.9. The fraction of sp³-hybridized carbons (Fsp3) is 0.261. The highest BCUT2D eigenvalue weighted by molar-refractivity contribution is 6.11. The summed E-state index contributed by atoms with van der Waals surface area (Å²) in [5, 5.41) is 5.58. The average Bonchev–Trinajstić information content (AvgIpc) is 3.25. The number of hydrogen-bond donors (Lipinski definition) is 2. The van der Waals surface area contributed by atoms with Gasteiger partial charge in [0, 0.05) is 18.3 Å². The first kappa shape index (κ1) is 20.5. The van der Waals surface area contributed by atoms with E-state index in [0.29, 0.717) is 41.4 Å². The number of ether oxygens (including phenoxy) is 2. The molecule has 2 aliphatic heterocycles. The van der Waals surface area contributed by atoms with Crippen molar-refractivity contribution in [2.24, 2.45) is 0 Å². The van der Waals surface area contributed by atoms with E-state index in [0.717, 1.165) is 12.0 Å². The lowest BCUT2D eigenvalue weighted by atomic mass is 10.1. The summed E-state index contributed by atoms with van der Waals surface area (Å²) in [5.74, 6) is 0.452. The van der Waals surface area contributed by atoms with E-state index in [9.17, 15) is 14.4 Å². The van der Waals surface area contributed by atoms with E-state index >= 15 is 0 Å². The molecule has 1 saturated heterocycles. The second kappa shape index (κ2) is 8.51. The standard InChI is InChI=1S/C23H23N3O5/c1-30-19-9-5-14(12-20(19)31-2)6-10-21(27)24-15-7-8-17-16(13-15)23(29)26-11-3-4-18(26)22(28)25-17/h5-10,12-13,18H,3-4,11H2,1-2H3,(H,24,27)(H,25,28)/t18-/m0/s1. The third-order valence-corrected chi connectivity index (χ3v) is 5.43. The van der Waals surface area contributed by atoms with Crippen molar-refractivity contribution in [1.29, 1.82) is 0 Å². The summed E-state index contributed by atoms with van der Waals surface area (Å²) in [6.07, 6.45) is 4.51. The van der Waals surface area contributed by atoms with Gasteiger partial charge in [0.1, 0.15) is 6.04 Å². The highest BCUT2D eigenvalue weighted by atomic mass is 16.5. The molecule has 0 unspecified atom stereocenters. The van der Waals surface area contributed by atoms with Crippen LogP contribution >= 0.6 is 0 Å². The van der Waals surface area contributed by atoms with Crippen LogP contribution in [-0.2, 0) is 9.59 Å². The predicted molar refractivity (Wildman–Crippen MR) is 116 cm³/mol. The zero-order chi connectivity index (χ0) is 22.0. The molecular formula is C23H23N3O5. The van der Waals surface area contributed by atoms with Gasteiger partial charge in [-0.25, -0.2) is 0 Å². The van der Waals surface area contributed by atoms with Crippen LogP contribution in [0.5, 0.6) is 11.5 Å². The van der Waals surface area contributed by atoms with Crippen LogP contribution < -0.4 is 20.1 Å². The Morgan fingerprint density at radius 1 is 1.13 bits per heavy atom. The fourth-order valence-corrected chi connectivity index (χ4v) is 3.87. The number of benzene rings is 2. The molecule has 8 heteroatoms. The Morgan fingerprint density at radius 3 is 2.71 bits per heavy atom. The van der Waals surface area contributed by atoms with Crippen molar-refractivity contribution in [2.75, 3.05) is 31.4 Å². The minimum absolute atomic E-state index is 0.167. The van der Waals surface area contributed by atoms with Gasteiger partial charge in [0.2, 0.25) is 11.8 Å². The molecule has 4 rings (SSSR count). The van der Waals surface area contributed by atoms with Crippen LogP contribution in [0.15, 0.2) is 42.5 Å². The van der Waals surface area contributed by atoms with Crippen molar-refractivity contribution < 1.29 is 23.9 Å². The van der Waals surface area contributed by atoms with Crippen LogP contribution in [-0.4, -0.2) is 49.4 Å². The summed E-state index contributed by atoms with van der Waals surface area (Å²) in [6.45, 7) is 0.557. The lowest BCUT2D eigenvalue weighted by molar-refractivity contribution is -0.119. The van der Waals surface area contributed by atoms with E-state index in [2.05, 4.69) is 10.6 Å². The number of methoxy groups -OCH3 is 2. The Balaban J connectivity index is 1.50. The second-order valence-corrected chi connectivity index (χ2v) is 7.34. The van der Waals surface area contributed by atoms with Gasteiger partial charge < -0.3 is 25.0 Å². The smallest absolute Gasteiger partial charge is 0.256 e. The van der Waals surface area contributed by atoms with Gasteiger partial charge in [0.15, 0.2) is 11.5 Å². The molecule has 31 heavy (non-hydrogen) atoms. The predicted octanol–water partition coefficient (Wildman–Crippen LogP) is 2.91. The molecule has 0 bridgehead atoms. The van der Waals surface area contributed by atoms with Gasteiger partial charge in [-0.3, -0.25) is 14.4 Å². The van der Waals surface area contributed by atoms with Gasteiger partial charge >= 0.3 is 0 Å². The average molecular weight is 421 g/mol. The molecule has 160 valence electrons. The minimum atomic E-state index is -0.428. The highest BCUT2D eigenvalue weighted by Gasteiger charge is 2.38. The number of rotatable bonds is 5. The van der Waals surface area contributed by atoms with Crippen molar-refractivity contribution in [3.8, 4) is 11.5 Å². The number of nitrogens with one attached hydrogen (secondary N) is 2. The molecule has 8 nitrogen and oxygen atoms in total. The Kier molecular flexibility index (Phi) is 5.62. The van der Waals surface area contributed by atoms with Gasteiger partial charge in [-0.2, -0.15) is 0 Å². The topological polar surface area (TPSA) is 97.0 Å². The number of nitrogens with zero attached hydrogens (tertiary/aromatic N) is 1. The highest BCUT2D eigenvalue weighted by Crippen LogP contribution is 2.31. The van der Waals surface area contributed by atoms with Crippen LogP contribution in [0.1, 0.15) is 28.8 Å². The third kappa shape index (κ3) is 4.09. The molecule has 2 aromatic carbocycles. The number of amides is 3. The molecular weight excluding hydrogens is 398 g/mol. The second-order valence-electron chi connectivity index (χ2n) is 7.34. The van der Waals surface area contributed by atoms with Gasteiger partial charge in [-0.1, -0.05) is 6.07 Å². The number of carbonyl (C=O) groups is 3. The number of fused-ring (bicyclic) bond motifs is 2. The maximum absolute atomic E-state index is 12.9. The van der Waals surface area contributed by atoms with Crippen molar-refractivity contribution in [1.82, 2.24) is 4.90 Å². The van der Waals surface area contributed by atoms with E-state index in [1.54, 1.807) is 61.6 Å². The zero-order valence-electron chi connectivity index (χ0n) is 17.3. The molecule has 1 fully saturated rings. The molecule has 0 saturated carbocycles. The van der Waals surface area contributed by atoms with Crippen LogP contribution in [0.25, 0.3) is 6.08 Å². The van der Waals surface area contributed by atoms with E-state index in [4.69, 9.17) is 9.47 Å². The Bertz CT molecular complexity index is 1080. The van der Waals surface area contributed by atoms with Crippen LogP contribution in [0.3, 0.4) is 0 Å². The van der Waals surface area contributed by atoms with E-state index in [1.807, 2.05) is 0 Å². The summed E-state index contributed by atoms with van der Waals surface area (Å²) < 4.78 is 10.5. The molecule has 0 spiro atoms. The first-order valence-corrected chi connectivity index (χ1v) is 9.97. The minimum Gasteiger partial charge on any atom is -0.493 e. The molecule has 0 aliphatic carbocycles. The molecule has 2 aromatic rings. The normalized spacial score (nSPS) is 17.6. The van der Waals surface area contributed by atoms with Gasteiger partial charge in [-0.05, 0) is 54.8 Å². The fourth-order valence-electron chi connectivity index (χ4n) is 3.87. The summed E-state index contributed by atoms with van der Waals surface area (Å²) in [5.41, 5.74) is 2.08. The Morgan fingerprint density at radius 2 is 1.94 bits per heavy atom. The maximum Gasteiger partial charge on any atom is 0.256 e. The molecule has 3 amide bonds. The summed E-state index contributed by atoms with van der Waals surface area (Å²) in [7, 11) is 3.10. The van der Waals surface area contributed by atoms with Gasteiger partial charge in [-0.15, -0.1) is 0 Å². The van der Waals surface area contributed by atoms with Crippen LogP contribution in [0.2, 0.25) is 0 Å². The van der Waals surface area contributed by atoms with E-state index < -0.39 is 6.04 Å². The van der Waals surface area contributed by atoms with Crippen LogP contribution in [0.4, 0.5) is 11.4 Å². The molecule has 0 radical (unpaired) electrons. The number of anilines is 2. The lowest BCUT2D eigenvalue weighted by Crippen LogP contribution is -2.40. The quantitative estimate of drug-likeness (QED) is 0.724. The van der Waals surface area contributed by atoms with Crippen molar-refractivity contribution in [3.63, 3.8) is 0 Å². The molecule has 2 aliphatic rings. The monoisotopic (exact) mass is 421 g/mol. The Hall–Kier alpha value is -3.81. The first-order chi connectivity index (χ1) is 15.0. The Labute approximate surface area is 179 Å². The number of carbonyl (C=O) groups excluding carboxylic acids is 3. The summed E-state index contributed by atoms with van der Waals surface area (Å²) in [4.78, 5) is 39.3.